The van der Waals surface area contributed by atoms with Crippen LogP contribution in [0.5, 0.6) is 0 Å². The van der Waals surface area contributed by atoms with Crippen molar-refractivity contribution in [2.75, 3.05) is 31.6 Å². The predicted octanol–water partition coefficient (Wildman–Crippen LogP) is 4.82. The molecule has 0 aliphatic carbocycles. The van der Waals surface area contributed by atoms with Crippen LogP contribution in [-0.4, -0.2) is 89.1 Å². The van der Waals surface area contributed by atoms with Gasteiger partial charge in [-0.1, -0.05) is 85.7 Å². The summed E-state index contributed by atoms with van der Waals surface area (Å²) in [5.41, 5.74) is 2.01. The Morgan fingerprint density at radius 3 is 2.34 bits per heavy atom. The first kappa shape index (κ1) is 35.5. The van der Waals surface area contributed by atoms with Gasteiger partial charge < -0.3 is 29.3 Å². The molecule has 266 valence electrons. The Hall–Kier alpha value is -4.28. The fraction of sp³-hybridized carbons (Fsp3) is 0.500. The molecule has 4 heterocycles. The van der Waals surface area contributed by atoms with Crippen molar-refractivity contribution in [2.45, 2.75) is 89.2 Å². The van der Waals surface area contributed by atoms with Crippen LogP contribution in [0.15, 0.2) is 72.8 Å². The summed E-state index contributed by atoms with van der Waals surface area (Å²) in [7, 11) is 1.72. The van der Waals surface area contributed by atoms with Crippen molar-refractivity contribution in [3.63, 3.8) is 0 Å². The summed E-state index contributed by atoms with van der Waals surface area (Å²) >= 11 is 0. The molecule has 2 aromatic carbocycles. The summed E-state index contributed by atoms with van der Waals surface area (Å²) < 4.78 is 13.3. The second-order valence-corrected chi connectivity index (χ2v) is 14.1. The molecule has 3 amide bonds. The van der Waals surface area contributed by atoms with E-state index in [1.807, 2.05) is 87.5 Å². The van der Waals surface area contributed by atoms with Gasteiger partial charge in [-0.15, -0.1) is 0 Å². The maximum Gasteiger partial charge on any atom is 0.313 e. The van der Waals surface area contributed by atoms with E-state index < -0.39 is 47.7 Å². The van der Waals surface area contributed by atoms with Crippen LogP contribution in [0.3, 0.4) is 0 Å². The lowest BCUT2D eigenvalue weighted by molar-refractivity contribution is -0.164. The standard InChI is InChI=1S/C40H49N3O7/c1-26-16-14-17-27(2)34(26)42-24-15-22-40-33(37(46)43(36(40)38(42)47)23-12-5-6-13-25-44)32-30(50-40)20-10-11-21-31(45)41(4)28(3)35(49-39(32)48)29-18-8-7-9-19-29/h7-10,14-20,22,28,30,32-33,35-36,44H,5-6,11-13,21,23-25H2,1-4H3/b20-10-/t28-,30-,32+,33+,35+,36-,40+/m0/s1. The molecule has 2 saturated heterocycles. The SMILES string of the molecule is Cc1cccc(C)c1N1CC=C[C@@]23O[C@H]4/C=C\CCC(=O)N(C)[C@@H](C)[C@H](c5ccccc5)OC(=O)[C@H]4[C@@H]2C(=O)N(CCCCCCO)[C@H]3C1=O. The lowest BCUT2D eigenvalue weighted by atomic mass is 9.77. The number of likely N-dealkylation sites (N-methyl/N-ethyl adjacent to an activating group) is 1. The topological polar surface area (TPSA) is 117 Å². The van der Waals surface area contributed by atoms with Crippen LogP contribution in [0.25, 0.3) is 0 Å². The molecule has 0 saturated carbocycles. The molecule has 10 heteroatoms. The van der Waals surface area contributed by atoms with E-state index in [1.165, 1.54) is 0 Å². The Bertz CT molecular complexity index is 1640. The van der Waals surface area contributed by atoms with Gasteiger partial charge in [-0.25, -0.2) is 0 Å². The van der Waals surface area contributed by atoms with Gasteiger partial charge in [0.25, 0.3) is 5.91 Å². The molecular weight excluding hydrogens is 634 g/mol. The number of fused-ring (bicyclic) bond motifs is 2. The van der Waals surface area contributed by atoms with Gasteiger partial charge in [0.2, 0.25) is 11.8 Å². The molecule has 4 aliphatic heterocycles. The van der Waals surface area contributed by atoms with Crippen molar-refractivity contribution in [3.05, 3.63) is 89.5 Å². The minimum Gasteiger partial charge on any atom is -0.455 e. The third kappa shape index (κ3) is 6.39. The van der Waals surface area contributed by atoms with Crippen LogP contribution in [-0.2, 0) is 28.7 Å². The van der Waals surface area contributed by atoms with Crippen LogP contribution in [0, 0.1) is 25.7 Å². The van der Waals surface area contributed by atoms with Gasteiger partial charge in [0.15, 0.2) is 0 Å². The lowest BCUT2D eigenvalue weighted by Crippen LogP contribution is -2.55. The quantitative estimate of drug-likeness (QED) is 0.241. The summed E-state index contributed by atoms with van der Waals surface area (Å²) in [6.07, 6.45) is 9.26. The number of unbranched alkanes of at least 4 members (excludes halogenated alkanes) is 3. The van der Waals surface area contributed by atoms with Crippen LogP contribution in [0.4, 0.5) is 5.69 Å². The van der Waals surface area contributed by atoms with Crippen molar-refractivity contribution in [2.24, 2.45) is 11.8 Å². The first-order valence-corrected chi connectivity index (χ1v) is 17.9. The van der Waals surface area contributed by atoms with Gasteiger partial charge in [0, 0.05) is 38.9 Å². The van der Waals surface area contributed by atoms with E-state index >= 15 is 0 Å². The largest absolute Gasteiger partial charge is 0.455 e. The fourth-order valence-electron chi connectivity index (χ4n) is 8.31. The number of carbonyl (C=O) groups is 4. The number of benzene rings is 2. The second-order valence-electron chi connectivity index (χ2n) is 14.1. The highest BCUT2D eigenvalue weighted by molar-refractivity contribution is 6.06. The van der Waals surface area contributed by atoms with Crippen molar-refractivity contribution in [3.8, 4) is 0 Å². The summed E-state index contributed by atoms with van der Waals surface area (Å²) in [4.78, 5) is 62.5. The molecule has 0 unspecified atom stereocenters. The molecule has 10 nitrogen and oxygen atoms in total. The number of hydrogen-bond acceptors (Lipinski definition) is 7. The number of hydrogen-bond donors (Lipinski definition) is 1. The Morgan fingerprint density at radius 2 is 1.62 bits per heavy atom. The zero-order valence-corrected chi connectivity index (χ0v) is 29.5. The van der Waals surface area contributed by atoms with E-state index in [-0.39, 0.29) is 37.3 Å². The Morgan fingerprint density at radius 1 is 0.900 bits per heavy atom. The number of likely N-dealkylation sites (tertiary alicyclic amines) is 1. The molecule has 0 bridgehead atoms. The zero-order chi connectivity index (χ0) is 35.6. The van der Waals surface area contributed by atoms with E-state index in [0.29, 0.717) is 25.8 Å². The maximum absolute atomic E-state index is 14.9. The van der Waals surface area contributed by atoms with Gasteiger partial charge >= 0.3 is 5.97 Å². The number of anilines is 1. The molecule has 0 radical (unpaired) electrons. The van der Waals surface area contributed by atoms with Gasteiger partial charge in [0.1, 0.15) is 23.7 Å². The van der Waals surface area contributed by atoms with Crippen molar-refractivity contribution in [1.29, 1.82) is 0 Å². The number of nitrogens with zero attached hydrogens (tertiary/aromatic N) is 3. The highest BCUT2D eigenvalue weighted by atomic mass is 16.6. The van der Waals surface area contributed by atoms with E-state index in [9.17, 15) is 24.3 Å². The second kappa shape index (κ2) is 14.9. The number of esters is 1. The smallest absolute Gasteiger partial charge is 0.313 e. The zero-order valence-electron chi connectivity index (χ0n) is 29.5. The number of carbonyl (C=O) groups excluding carboxylic acids is 4. The van der Waals surface area contributed by atoms with Crippen LogP contribution < -0.4 is 4.90 Å². The highest BCUT2D eigenvalue weighted by Gasteiger charge is 2.72. The molecular formula is C40H49N3O7. The number of ether oxygens (including phenoxy) is 2. The maximum atomic E-state index is 14.9. The first-order valence-electron chi connectivity index (χ1n) is 17.9. The van der Waals surface area contributed by atoms with Gasteiger partial charge in [-0.2, -0.15) is 0 Å². The molecule has 0 aromatic heterocycles. The van der Waals surface area contributed by atoms with Crippen LogP contribution >= 0.6 is 0 Å². The van der Waals surface area contributed by atoms with Crippen molar-refractivity contribution < 1.29 is 33.8 Å². The Balaban J connectivity index is 1.43. The van der Waals surface area contributed by atoms with E-state index in [1.54, 1.807) is 27.8 Å². The summed E-state index contributed by atoms with van der Waals surface area (Å²) in [5, 5.41) is 9.31. The van der Waals surface area contributed by atoms with E-state index in [4.69, 9.17) is 9.47 Å². The number of amides is 3. The monoisotopic (exact) mass is 683 g/mol. The number of aliphatic hydroxyl groups is 1. The van der Waals surface area contributed by atoms with Crippen molar-refractivity contribution >= 4 is 29.4 Å². The number of aryl methyl sites for hydroxylation is 2. The van der Waals surface area contributed by atoms with Crippen molar-refractivity contribution in [1.82, 2.24) is 9.80 Å². The highest BCUT2D eigenvalue weighted by Crippen LogP contribution is 2.54. The molecule has 7 atom stereocenters. The Kier molecular flexibility index (Phi) is 10.6. The summed E-state index contributed by atoms with van der Waals surface area (Å²) in [6.45, 7) is 6.51. The number of cyclic esters (lactones) is 1. The minimum atomic E-state index is -1.41. The average molecular weight is 684 g/mol. The van der Waals surface area contributed by atoms with Gasteiger partial charge in [-0.05, 0) is 56.7 Å². The molecule has 4 aliphatic rings. The molecule has 2 aromatic rings. The van der Waals surface area contributed by atoms with Gasteiger partial charge in [0.05, 0.1) is 18.1 Å². The normalized spacial score (nSPS) is 30.6. The third-order valence-corrected chi connectivity index (χ3v) is 10.9. The van der Waals surface area contributed by atoms with E-state index in [2.05, 4.69) is 0 Å². The minimum absolute atomic E-state index is 0.0761. The number of allylic oxidation sites excluding steroid dienone is 1. The number of para-hydroxylation sites is 1. The van der Waals surface area contributed by atoms with Crippen LogP contribution in [0.1, 0.15) is 68.2 Å². The summed E-state index contributed by atoms with van der Waals surface area (Å²) in [6, 6.07) is 13.7. The molecule has 6 rings (SSSR count). The molecule has 50 heavy (non-hydrogen) atoms. The molecule has 1 spiro atoms. The predicted molar refractivity (Wildman–Crippen MR) is 189 cm³/mol. The fourth-order valence-corrected chi connectivity index (χ4v) is 8.31. The van der Waals surface area contributed by atoms with Crippen LogP contribution in [0.2, 0.25) is 0 Å². The first-order chi connectivity index (χ1) is 24.1. The average Bonchev–Trinajstić information content (AvgIpc) is 3.49. The Labute approximate surface area is 294 Å². The lowest BCUT2D eigenvalue weighted by Gasteiger charge is -2.36. The summed E-state index contributed by atoms with van der Waals surface area (Å²) in [5.74, 6) is -3.26. The third-order valence-electron chi connectivity index (χ3n) is 10.9. The van der Waals surface area contributed by atoms with Gasteiger partial charge in [-0.3, -0.25) is 19.2 Å². The number of aliphatic hydroxyl groups excluding tert-OH is 1. The molecule has 2 fully saturated rings. The number of rotatable bonds is 8. The molecule has 1 N–H and O–H groups in total. The van der Waals surface area contributed by atoms with E-state index in [0.717, 1.165) is 35.2 Å².